The highest BCUT2D eigenvalue weighted by Crippen LogP contribution is 2.75. The summed E-state index contributed by atoms with van der Waals surface area (Å²) in [6.07, 6.45) is 41.8. The van der Waals surface area contributed by atoms with Crippen molar-refractivity contribution in [1.82, 2.24) is 24.9 Å². The first-order valence-electron chi connectivity index (χ1n) is 46.3. The molecule has 4 aromatic carbocycles. The van der Waals surface area contributed by atoms with Crippen LogP contribution in [0, 0.1) is 88.7 Å². The number of hydrogen-bond acceptors (Lipinski definition) is 8. The van der Waals surface area contributed by atoms with Crippen LogP contribution in [0.5, 0.6) is 0 Å². The Hall–Kier alpha value is -3.93. The molecule has 19 atom stereocenters. The van der Waals surface area contributed by atoms with Gasteiger partial charge in [0.15, 0.2) is 0 Å². The van der Waals surface area contributed by atoms with Crippen LogP contribution in [0.1, 0.15) is 291 Å². The van der Waals surface area contributed by atoms with Crippen molar-refractivity contribution in [2.45, 2.75) is 308 Å². The average molecular weight is 1510 g/mol. The van der Waals surface area contributed by atoms with Gasteiger partial charge >= 0.3 is 0 Å². The lowest BCUT2D eigenvalue weighted by Crippen LogP contribution is -2.63. The second-order valence-electron chi connectivity index (χ2n) is 48.5. The Kier molecular flexibility index (Phi) is 19.6. The van der Waals surface area contributed by atoms with Crippen molar-refractivity contribution >= 4 is 5.91 Å². The van der Waals surface area contributed by atoms with Gasteiger partial charge in [0, 0.05) is 70.5 Å². The molecule has 0 aromatic heterocycles. The molecule has 5 saturated heterocycles. The summed E-state index contributed by atoms with van der Waals surface area (Å²) in [5.74, 6) is 4.07. The standard InChI is InChI=1S/C27H38N2O.3C25H38N2/c1-24-15-21-16-26(18-24,22-5-3-2-4-6-22)20-27(17-21,19-24)23(30)29-13-9-25(10-14-29)7-11-28-12-8-25;3*1-22(2)17-27(10-9-21(22)26)18-24-12-19-11-23(3,14-24)15-25(13-19,16-24)20-7-5-4-6-8-20/h2-6,21,28H,7-20H2,1H3;3*4-8,19,21H,9-18,26H2,1-3H3/t21?,24-,26-,27?;2*19?,21-,23+,24?,25-;19?,21-,23-,24?,25+/m1100/s1. The Morgan fingerprint density at radius 1 is 0.342 bits per heavy atom. The first-order chi connectivity index (χ1) is 52.6. The predicted octanol–water partition coefficient (Wildman–Crippen LogP) is 19.8. The Labute approximate surface area is 674 Å². The van der Waals surface area contributed by atoms with Crippen molar-refractivity contribution in [3.63, 3.8) is 0 Å². The molecule has 0 radical (unpaired) electrons. The molecule has 111 heavy (non-hydrogen) atoms. The Morgan fingerprint density at radius 3 is 0.937 bits per heavy atom. The monoisotopic (exact) mass is 1510 g/mol. The van der Waals surface area contributed by atoms with E-state index in [1.54, 1.807) is 16.7 Å². The molecule has 16 bridgehead atoms. The van der Waals surface area contributed by atoms with Crippen molar-refractivity contribution in [3.8, 4) is 0 Å². The minimum absolute atomic E-state index is 0.0946. The third-order valence-electron chi connectivity index (χ3n) is 36.4. The summed E-state index contributed by atoms with van der Waals surface area (Å²) in [5, 5.41) is 3.52. The van der Waals surface area contributed by atoms with Gasteiger partial charge in [-0.05, 0) is 359 Å². The largest absolute Gasteiger partial charge is 0.342 e. The van der Waals surface area contributed by atoms with Gasteiger partial charge in [0.25, 0.3) is 0 Å². The Morgan fingerprint density at radius 2 is 0.640 bits per heavy atom. The molecule has 25 rings (SSSR count). The molecule has 9 heteroatoms. The van der Waals surface area contributed by atoms with Crippen LogP contribution in [0.25, 0.3) is 0 Å². The summed E-state index contributed by atoms with van der Waals surface area (Å²) in [4.78, 5) is 24.8. The SMILES string of the molecule is CC1(C)CN(CC23CC4C[C@@](C)(C2)C[C@](c2ccccc2)(C4)C3)CC[C@@H]1N.CC1(C)CN(CC23CC4C[C@@](C)(C2)C[C@](c2ccccc2)(C4)C3)CC[C@H]1N.CC1(C)CN(CC23CC4C[C@](C)(C2)C[C@@](c2ccccc2)(C4)C3)CC[C@@H]1N.C[C@]12CC3CC(C(=O)N4CCC5(CCNCC5)CC4)(C1)C[C@@](c1ccccc1)(C3)C2. The van der Waals surface area contributed by atoms with Gasteiger partial charge in [0.2, 0.25) is 5.91 Å². The zero-order chi connectivity index (χ0) is 77.2. The van der Waals surface area contributed by atoms with Gasteiger partial charge < -0.3 is 42.1 Å². The average Bonchev–Trinajstić information content (AvgIpc) is 0.709. The van der Waals surface area contributed by atoms with E-state index < -0.39 is 0 Å². The molecular formula is C102H152N8O. The normalized spacial score (nSPS) is 44.8. The molecule has 4 aromatic rings. The van der Waals surface area contributed by atoms with E-state index >= 15 is 0 Å². The van der Waals surface area contributed by atoms with E-state index in [4.69, 9.17) is 17.2 Å². The maximum Gasteiger partial charge on any atom is 0.228 e. The second-order valence-corrected chi connectivity index (χ2v) is 48.5. The molecule has 16 saturated carbocycles. The van der Waals surface area contributed by atoms with Crippen molar-refractivity contribution in [3.05, 3.63) is 144 Å². The maximum atomic E-state index is 14.2. The fraction of sp³-hybridized carbons (Fsp3) is 0.755. The van der Waals surface area contributed by atoms with Crippen LogP contribution in [0.2, 0.25) is 0 Å². The first-order valence-corrected chi connectivity index (χ1v) is 46.3. The zero-order valence-electron chi connectivity index (χ0n) is 71.6. The second kappa shape index (κ2) is 27.8. The third kappa shape index (κ3) is 14.8. The Bertz CT molecular complexity index is 3680. The molecule has 8 unspecified atom stereocenters. The highest BCUT2D eigenvalue weighted by atomic mass is 16.2. The van der Waals surface area contributed by atoms with Gasteiger partial charge in [-0.25, -0.2) is 0 Å². The number of rotatable bonds is 11. The number of amides is 1. The smallest absolute Gasteiger partial charge is 0.228 e. The van der Waals surface area contributed by atoms with E-state index in [2.05, 4.69) is 215 Å². The van der Waals surface area contributed by atoms with Crippen LogP contribution in [0.3, 0.4) is 0 Å². The van der Waals surface area contributed by atoms with Crippen LogP contribution in [0.15, 0.2) is 121 Å². The van der Waals surface area contributed by atoms with E-state index in [0.717, 1.165) is 88.4 Å². The number of nitrogens with two attached hydrogens (primary N) is 3. The summed E-state index contributed by atoms with van der Waals surface area (Å²) in [6.45, 7) is 39.9. The number of carbonyl (C=O) groups is 1. The number of nitrogens with zero attached hydrogens (tertiary/aromatic N) is 4. The summed E-state index contributed by atoms with van der Waals surface area (Å²) in [6, 6.07) is 47.0. The lowest BCUT2D eigenvalue weighted by atomic mass is 9.38. The number of nitrogens with one attached hydrogen (secondary N) is 1. The van der Waals surface area contributed by atoms with E-state index in [9.17, 15) is 4.79 Å². The number of benzene rings is 4. The summed E-state index contributed by atoms with van der Waals surface area (Å²) in [5.41, 5.74) is 32.0. The van der Waals surface area contributed by atoms with Crippen molar-refractivity contribution in [2.75, 3.05) is 85.1 Å². The molecule has 1 spiro atoms. The Balaban J connectivity index is 0.000000104. The summed E-state index contributed by atoms with van der Waals surface area (Å²) < 4.78 is 0. The molecule has 9 nitrogen and oxygen atoms in total. The quantitative estimate of drug-likeness (QED) is 0.117. The molecule has 21 aliphatic rings. The van der Waals surface area contributed by atoms with Gasteiger partial charge in [-0.1, -0.05) is 191 Å². The molecule has 5 aliphatic heterocycles. The van der Waals surface area contributed by atoms with Crippen LogP contribution in [-0.2, 0) is 26.5 Å². The lowest BCUT2D eigenvalue weighted by Gasteiger charge is -2.67. The van der Waals surface area contributed by atoms with Crippen molar-refractivity contribution in [2.24, 2.45) is 106 Å². The van der Waals surface area contributed by atoms with E-state index in [1.165, 1.54) is 225 Å². The highest BCUT2D eigenvalue weighted by Gasteiger charge is 2.68. The minimum atomic E-state index is -0.0946. The van der Waals surface area contributed by atoms with Gasteiger partial charge in [-0.15, -0.1) is 0 Å². The fourth-order valence-corrected chi connectivity index (χ4v) is 34.8. The van der Waals surface area contributed by atoms with Crippen LogP contribution in [0.4, 0.5) is 0 Å². The van der Waals surface area contributed by atoms with Gasteiger partial charge in [-0.2, -0.15) is 0 Å². The number of piperidine rings is 5. The molecule has 21 fully saturated rings. The molecule has 606 valence electrons. The lowest BCUT2D eigenvalue weighted by molar-refractivity contribution is -0.172. The van der Waals surface area contributed by atoms with Gasteiger partial charge in [0.1, 0.15) is 0 Å². The zero-order valence-corrected chi connectivity index (χ0v) is 71.6. The maximum absolute atomic E-state index is 14.2. The number of hydrogen-bond donors (Lipinski definition) is 4. The number of likely N-dealkylation sites (tertiary alicyclic amines) is 4. The van der Waals surface area contributed by atoms with Gasteiger partial charge in [-0.3, -0.25) is 4.79 Å². The fourth-order valence-electron chi connectivity index (χ4n) is 34.8. The third-order valence-corrected chi connectivity index (χ3v) is 36.4. The molecule has 16 aliphatic carbocycles. The minimum Gasteiger partial charge on any atom is -0.342 e. The molecule has 5 heterocycles. The summed E-state index contributed by atoms with van der Waals surface area (Å²) >= 11 is 0. The van der Waals surface area contributed by atoms with E-state index in [0.29, 0.717) is 83.6 Å². The van der Waals surface area contributed by atoms with Crippen LogP contribution < -0.4 is 22.5 Å². The summed E-state index contributed by atoms with van der Waals surface area (Å²) in [7, 11) is 0. The van der Waals surface area contributed by atoms with E-state index in [1.807, 2.05) is 0 Å². The first kappa shape index (κ1) is 78.3. The van der Waals surface area contributed by atoms with Crippen molar-refractivity contribution in [1.29, 1.82) is 0 Å². The highest BCUT2D eigenvalue weighted by molar-refractivity contribution is 5.84. The van der Waals surface area contributed by atoms with Crippen LogP contribution in [-0.4, -0.2) is 129 Å². The predicted molar refractivity (Wildman–Crippen MR) is 458 cm³/mol. The van der Waals surface area contributed by atoms with Gasteiger partial charge in [0.05, 0.1) is 5.41 Å². The molecule has 7 N–H and O–H groups in total. The topological polar surface area (TPSA) is 120 Å². The number of carbonyl (C=O) groups excluding carboxylic acids is 1. The molecular weight excluding hydrogens is 1350 g/mol. The van der Waals surface area contributed by atoms with E-state index in [-0.39, 0.29) is 27.1 Å². The molecule has 1 amide bonds. The van der Waals surface area contributed by atoms with Crippen LogP contribution >= 0.6 is 0 Å². The van der Waals surface area contributed by atoms with Crippen molar-refractivity contribution < 1.29 is 4.79 Å².